The van der Waals surface area contributed by atoms with E-state index in [-0.39, 0.29) is 11.3 Å². The monoisotopic (exact) mass is 422 g/mol. The standard InChI is InChI=1S/C24H27N3O4/c1-4-15-31-19-10-8-17(9-11-19)22(28)20-21(18-7-5-12-25-16-18)27(24(30)23(20)29)14-6-13-26(2)3/h4-5,7-12,16,21,28H,1,6,13-15H2,2-3H3/p+1/t21-/m0/s1. The molecule has 1 saturated heterocycles. The smallest absolute Gasteiger partial charge is 0.295 e. The molecule has 1 aliphatic rings. The number of aromatic nitrogens is 1. The zero-order valence-electron chi connectivity index (χ0n) is 17.9. The van der Waals surface area contributed by atoms with Gasteiger partial charge in [0.05, 0.1) is 32.3 Å². The lowest BCUT2D eigenvalue weighted by Gasteiger charge is -2.25. The minimum Gasteiger partial charge on any atom is -0.507 e. The maximum atomic E-state index is 12.9. The largest absolute Gasteiger partial charge is 0.507 e. The average molecular weight is 423 g/mol. The molecule has 1 fully saturated rings. The van der Waals surface area contributed by atoms with Crippen molar-refractivity contribution in [3.8, 4) is 5.75 Å². The zero-order valence-corrected chi connectivity index (χ0v) is 17.9. The van der Waals surface area contributed by atoms with E-state index in [0.29, 0.717) is 30.0 Å². The lowest BCUT2D eigenvalue weighted by Crippen LogP contribution is -3.05. The van der Waals surface area contributed by atoms with Gasteiger partial charge in [0, 0.05) is 30.9 Å². The van der Waals surface area contributed by atoms with Crippen LogP contribution in [0.25, 0.3) is 5.76 Å². The number of benzene rings is 1. The molecule has 0 aliphatic carbocycles. The van der Waals surface area contributed by atoms with E-state index in [1.165, 1.54) is 9.80 Å². The second-order valence-corrected chi connectivity index (χ2v) is 7.71. The summed E-state index contributed by atoms with van der Waals surface area (Å²) in [6.45, 7) is 5.25. The molecule has 1 aromatic carbocycles. The van der Waals surface area contributed by atoms with Gasteiger partial charge in [0.25, 0.3) is 11.7 Å². The molecule has 7 nitrogen and oxygen atoms in total. The zero-order chi connectivity index (χ0) is 22.4. The van der Waals surface area contributed by atoms with Gasteiger partial charge < -0.3 is 19.6 Å². The second-order valence-electron chi connectivity index (χ2n) is 7.71. The van der Waals surface area contributed by atoms with Crippen LogP contribution >= 0.6 is 0 Å². The first-order valence-electron chi connectivity index (χ1n) is 10.3. The fourth-order valence-electron chi connectivity index (χ4n) is 3.62. The molecule has 0 unspecified atom stereocenters. The van der Waals surface area contributed by atoms with E-state index in [2.05, 4.69) is 11.6 Å². The Bertz CT molecular complexity index is 968. The molecule has 0 bridgehead atoms. The predicted molar refractivity (Wildman–Crippen MR) is 118 cm³/mol. The van der Waals surface area contributed by atoms with Crippen molar-refractivity contribution >= 4 is 17.4 Å². The van der Waals surface area contributed by atoms with Crippen molar-refractivity contribution in [2.45, 2.75) is 12.5 Å². The Kier molecular flexibility index (Phi) is 7.20. The Morgan fingerprint density at radius 2 is 2.00 bits per heavy atom. The second kappa shape index (κ2) is 10.0. The summed E-state index contributed by atoms with van der Waals surface area (Å²) in [5, 5.41) is 11.0. The normalized spacial score (nSPS) is 17.9. The van der Waals surface area contributed by atoms with Crippen molar-refractivity contribution in [2.24, 2.45) is 0 Å². The molecule has 2 N–H and O–H groups in total. The number of hydrogen-bond acceptors (Lipinski definition) is 5. The van der Waals surface area contributed by atoms with Crippen LogP contribution < -0.4 is 9.64 Å². The number of Topliss-reactive ketones (excluding diaryl/α,β-unsaturated/α-hetero) is 1. The molecular weight excluding hydrogens is 394 g/mol. The van der Waals surface area contributed by atoms with Crippen molar-refractivity contribution in [1.29, 1.82) is 0 Å². The number of nitrogens with one attached hydrogen (secondary N) is 1. The lowest BCUT2D eigenvalue weighted by atomic mass is 9.96. The number of ether oxygens (including phenoxy) is 1. The highest BCUT2D eigenvalue weighted by molar-refractivity contribution is 6.46. The Morgan fingerprint density at radius 3 is 2.61 bits per heavy atom. The molecule has 0 spiro atoms. The first kappa shape index (κ1) is 22.2. The third-order valence-corrected chi connectivity index (χ3v) is 5.11. The number of ketones is 1. The number of carbonyl (C=O) groups is 2. The number of hydrogen-bond donors (Lipinski definition) is 2. The average Bonchev–Trinajstić information content (AvgIpc) is 3.03. The van der Waals surface area contributed by atoms with Crippen molar-refractivity contribution in [3.63, 3.8) is 0 Å². The summed E-state index contributed by atoms with van der Waals surface area (Å²) in [7, 11) is 4.07. The number of amides is 1. The number of quaternary nitrogens is 1. The van der Waals surface area contributed by atoms with Gasteiger partial charge in [-0.3, -0.25) is 14.6 Å². The summed E-state index contributed by atoms with van der Waals surface area (Å²) in [5.41, 5.74) is 1.21. The van der Waals surface area contributed by atoms with Gasteiger partial charge in [-0.15, -0.1) is 0 Å². The Hall–Kier alpha value is -3.45. The first-order valence-corrected chi connectivity index (χ1v) is 10.3. The summed E-state index contributed by atoms with van der Waals surface area (Å²) in [6.07, 6.45) is 5.63. The molecule has 2 aromatic rings. The summed E-state index contributed by atoms with van der Waals surface area (Å²) in [5.74, 6) is -0.874. The molecule has 0 radical (unpaired) electrons. The Labute approximate surface area is 182 Å². The van der Waals surface area contributed by atoms with Gasteiger partial charge in [0.1, 0.15) is 18.1 Å². The van der Waals surface area contributed by atoms with Gasteiger partial charge >= 0.3 is 0 Å². The number of rotatable bonds is 9. The first-order chi connectivity index (χ1) is 14.9. The van der Waals surface area contributed by atoms with Crippen LogP contribution in [0.5, 0.6) is 5.75 Å². The number of aliphatic hydroxyl groups is 1. The Morgan fingerprint density at radius 1 is 1.26 bits per heavy atom. The molecule has 1 aliphatic heterocycles. The summed E-state index contributed by atoms with van der Waals surface area (Å²) in [4.78, 5) is 32.7. The number of likely N-dealkylation sites (tertiary alicyclic amines) is 1. The van der Waals surface area contributed by atoms with Gasteiger partial charge in [-0.1, -0.05) is 18.7 Å². The summed E-state index contributed by atoms with van der Waals surface area (Å²) < 4.78 is 5.47. The summed E-state index contributed by atoms with van der Waals surface area (Å²) >= 11 is 0. The molecule has 2 heterocycles. The number of pyridine rings is 1. The number of nitrogens with zero attached hydrogens (tertiary/aromatic N) is 2. The third-order valence-electron chi connectivity index (χ3n) is 5.11. The van der Waals surface area contributed by atoms with Crippen molar-refractivity contribution in [1.82, 2.24) is 9.88 Å². The van der Waals surface area contributed by atoms with Crippen LogP contribution in [-0.2, 0) is 9.59 Å². The van der Waals surface area contributed by atoms with Crippen LogP contribution in [0, 0.1) is 0 Å². The van der Waals surface area contributed by atoms with Gasteiger partial charge in [-0.25, -0.2) is 0 Å². The van der Waals surface area contributed by atoms with E-state index in [0.717, 1.165) is 13.0 Å². The van der Waals surface area contributed by atoms with E-state index < -0.39 is 17.7 Å². The van der Waals surface area contributed by atoms with E-state index in [9.17, 15) is 14.7 Å². The molecule has 31 heavy (non-hydrogen) atoms. The highest BCUT2D eigenvalue weighted by atomic mass is 16.5. The molecule has 162 valence electrons. The van der Waals surface area contributed by atoms with E-state index in [1.807, 2.05) is 20.2 Å². The Balaban J connectivity index is 2.00. The van der Waals surface area contributed by atoms with Gasteiger partial charge in [0.15, 0.2) is 0 Å². The highest BCUT2D eigenvalue weighted by Gasteiger charge is 2.45. The van der Waals surface area contributed by atoms with E-state index >= 15 is 0 Å². The fourth-order valence-corrected chi connectivity index (χ4v) is 3.62. The number of carbonyl (C=O) groups excluding carboxylic acids is 2. The molecular formula is C24H28N3O4+. The van der Waals surface area contributed by atoms with Crippen LogP contribution in [0.2, 0.25) is 0 Å². The minimum atomic E-state index is -0.685. The van der Waals surface area contributed by atoms with Crippen molar-refractivity contribution < 1.29 is 24.3 Å². The topological polar surface area (TPSA) is 84.2 Å². The minimum absolute atomic E-state index is 0.0787. The predicted octanol–water partition coefficient (Wildman–Crippen LogP) is 1.60. The van der Waals surface area contributed by atoms with Crippen LogP contribution in [0.4, 0.5) is 0 Å². The fraction of sp³-hybridized carbons (Fsp3) is 0.292. The molecule has 1 aromatic heterocycles. The van der Waals surface area contributed by atoms with Crippen LogP contribution in [0.15, 0.2) is 67.0 Å². The molecule has 1 atom stereocenters. The summed E-state index contributed by atoms with van der Waals surface area (Å²) in [6, 6.07) is 9.62. The molecule has 0 saturated carbocycles. The van der Waals surface area contributed by atoms with Crippen LogP contribution in [0.1, 0.15) is 23.6 Å². The molecule has 3 rings (SSSR count). The van der Waals surface area contributed by atoms with Crippen molar-refractivity contribution in [3.05, 3.63) is 78.1 Å². The molecule has 1 amide bonds. The van der Waals surface area contributed by atoms with Crippen LogP contribution in [0.3, 0.4) is 0 Å². The van der Waals surface area contributed by atoms with Gasteiger partial charge in [0.2, 0.25) is 0 Å². The maximum absolute atomic E-state index is 12.9. The quantitative estimate of drug-likeness (QED) is 0.278. The maximum Gasteiger partial charge on any atom is 0.295 e. The molecule has 7 heteroatoms. The highest BCUT2D eigenvalue weighted by Crippen LogP contribution is 2.39. The van der Waals surface area contributed by atoms with E-state index in [1.54, 1.807) is 48.8 Å². The SMILES string of the molecule is C=CCOc1ccc(C(O)=C2C(=O)C(=O)N(CCC[NH+](C)C)[C@H]2c2cccnc2)cc1. The van der Waals surface area contributed by atoms with Gasteiger partial charge in [-0.2, -0.15) is 0 Å². The van der Waals surface area contributed by atoms with Gasteiger partial charge in [-0.05, 0) is 35.9 Å². The number of aliphatic hydroxyl groups excluding tert-OH is 1. The third kappa shape index (κ3) is 5.00. The van der Waals surface area contributed by atoms with E-state index in [4.69, 9.17) is 4.74 Å². The van der Waals surface area contributed by atoms with Crippen molar-refractivity contribution in [2.75, 3.05) is 33.8 Å². The van der Waals surface area contributed by atoms with Crippen LogP contribution in [-0.4, -0.2) is 60.5 Å². The lowest BCUT2D eigenvalue weighted by molar-refractivity contribution is -0.858.